The molecule has 1 rings (SSSR count). The standard InChI is InChI=1S/C17H24O4/c1-6-14(18)11(3)9-10(2)7-8-15-12(4)16(19)13(5)17(20)21-15/h7-9,11,14,18-19H,6H2,1-5H3/b8-7+,10-9-/t11-,14+/m0/s1. The van der Waals surface area contributed by atoms with Crippen LogP contribution in [0.3, 0.4) is 0 Å². The van der Waals surface area contributed by atoms with Crippen molar-refractivity contribution >= 4 is 6.08 Å². The van der Waals surface area contributed by atoms with Gasteiger partial charge in [-0.2, -0.15) is 0 Å². The van der Waals surface area contributed by atoms with E-state index in [1.165, 1.54) is 6.92 Å². The van der Waals surface area contributed by atoms with Crippen LogP contribution in [0.15, 0.2) is 26.9 Å². The lowest BCUT2D eigenvalue weighted by Gasteiger charge is -2.13. The van der Waals surface area contributed by atoms with Gasteiger partial charge < -0.3 is 14.6 Å². The number of allylic oxidation sites excluding steroid dienone is 2. The van der Waals surface area contributed by atoms with E-state index in [0.29, 0.717) is 17.7 Å². The zero-order valence-electron chi connectivity index (χ0n) is 13.3. The molecule has 0 aliphatic heterocycles. The van der Waals surface area contributed by atoms with E-state index in [9.17, 15) is 15.0 Å². The highest BCUT2D eigenvalue weighted by Crippen LogP contribution is 2.23. The van der Waals surface area contributed by atoms with E-state index in [2.05, 4.69) is 0 Å². The minimum absolute atomic E-state index is 0.0256. The molecule has 0 aromatic carbocycles. The molecule has 116 valence electrons. The lowest BCUT2D eigenvalue weighted by atomic mass is 9.99. The quantitative estimate of drug-likeness (QED) is 0.817. The normalized spacial score (nSPS) is 15.4. The Morgan fingerprint density at radius 2 is 1.95 bits per heavy atom. The topological polar surface area (TPSA) is 70.7 Å². The Balaban J connectivity index is 3.01. The second kappa shape index (κ2) is 7.27. The third-order valence-electron chi connectivity index (χ3n) is 3.64. The monoisotopic (exact) mass is 292 g/mol. The van der Waals surface area contributed by atoms with E-state index in [1.807, 2.05) is 26.8 Å². The second-order valence-corrected chi connectivity index (χ2v) is 5.43. The first-order valence-electron chi connectivity index (χ1n) is 7.15. The molecule has 0 saturated heterocycles. The molecule has 0 bridgehead atoms. The maximum atomic E-state index is 11.6. The number of aromatic hydroxyl groups is 1. The fourth-order valence-corrected chi connectivity index (χ4v) is 2.07. The number of aliphatic hydroxyl groups is 1. The number of hydrogen-bond donors (Lipinski definition) is 2. The Hall–Kier alpha value is -1.81. The van der Waals surface area contributed by atoms with Crippen molar-refractivity contribution in [3.8, 4) is 5.75 Å². The predicted octanol–water partition coefficient (Wildman–Crippen LogP) is 3.33. The molecule has 0 spiro atoms. The van der Waals surface area contributed by atoms with Crippen molar-refractivity contribution in [1.29, 1.82) is 0 Å². The van der Waals surface area contributed by atoms with Crippen LogP contribution in [-0.4, -0.2) is 16.3 Å². The van der Waals surface area contributed by atoms with Crippen molar-refractivity contribution in [2.75, 3.05) is 0 Å². The van der Waals surface area contributed by atoms with Crippen molar-refractivity contribution in [2.45, 2.75) is 47.1 Å². The van der Waals surface area contributed by atoms with Crippen LogP contribution in [-0.2, 0) is 0 Å². The zero-order chi connectivity index (χ0) is 16.2. The summed E-state index contributed by atoms with van der Waals surface area (Å²) in [4.78, 5) is 11.6. The van der Waals surface area contributed by atoms with Crippen LogP contribution < -0.4 is 5.63 Å². The summed E-state index contributed by atoms with van der Waals surface area (Å²) in [6.45, 7) is 9.03. The summed E-state index contributed by atoms with van der Waals surface area (Å²) in [5.74, 6) is 0.376. The highest BCUT2D eigenvalue weighted by molar-refractivity contribution is 5.55. The van der Waals surface area contributed by atoms with Gasteiger partial charge in [-0.1, -0.05) is 31.6 Å². The van der Waals surface area contributed by atoms with Gasteiger partial charge >= 0.3 is 5.63 Å². The van der Waals surface area contributed by atoms with E-state index in [1.54, 1.807) is 19.1 Å². The molecule has 1 aromatic heterocycles. The second-order valence-electron chi connectivity index (χ2n) is 5.43. The maximum Gasteiger partial charge on any atom is 0.342 e. The smallest absolute Gasteiger partial charge is 0.342 e. The molecule has 0 fully saturated rings. The zero-order valence-corrected chi connectivity index (χ0v) is 13.3. The van der Waals surface area contributed by atoms with Crippen LogP contribution in [0.2, 0.25) is 0 Å². The van der Waals surface area contributed by atoms with Crippen LogP contribution in [0.5, 0.6) is 5.75 Å². The van der Waals surface area contributed by atoms with Gasteiger partial charge in [-0.05, 0) is 33.3 Å². The minimum atomic E-state index is -0.533. The summed E-state index contributed by atoms with van der Waals surface area (Å²) in [6, 6.07) is 0. The lowest BCUT2D eigenvalue weighted by molar-refractivity contribution is 0.133. The van der Waals surface area contributed by atoms with Crippen LogP contribution >= 0.6 is 0 Å². The van der Waals surface area contributed by atoms with Crippen LogP contribution in [0, 0.1) is 19.8 Å². The predicted molar refractivity (Wildman–Crippen MR) is 84.4 cm³/mol. The fourth-order valence-electron chi connectivity index (χ4n) is 2.07. The minimum Gasteiger partial charge on any atom is -0.507 e. The molecule has 0 saturated carbocycles. The van der Waals surface area contributed by atoms with Gasteiger partial charge in [0, 0.05) is 11.5 Å². The van der Waals surface area contributed by atoms with E-state index >= 15 is 0 Å². The van der Waals surface area contributed by atoms with E-state index in [4.69, 9.17) is 4.42 Å². The molecule has 0 aliphatic carbocycles. The van der Waals surface area contributed by atoms with Crippen LogP contribution in [0.25, 0.3) is 6.08 Å². The van der Waals surface area contributed by atoms with Gasteiger partial charge in [0.1, 0.15) is 11.5 Å². The summed E-state index contributed by atoms with van der Waals surface area (Å²) >= 11 is 0. The van der Waals surface area contributed by atoms with Crippen LogP contribution in [0.4, 0.5) is 0 Å². The van der Waals surface area contributed by atoms with E-state index in [0.717, 1.165) is 5.57 Å². The highest BCUT2D eigenvalue weighted by Gasteiger charge is 2.11. The molecule has 21 heavy (non-hydrogen) atoms. The van der Waals surface area contributed by atoms with Gasteiger partial charge in [0.2, 0.25) is 0 Å². The molecule has 0 amide bonds. The van der Waals surface area contributed by atoms with Gasteiger partial charge in [-0.15, -0.1) is 0 Å². The van der Waals surface area contributed by atoms with Crippen molar-refractivity contribution in [2.24, 2.45) is 5.92 Å². The van der Waals surface area contributed by atoms with Gasteiger partial charge in [-0.3, -0.25) is 0 Å². The molecular formula is C17H24O4. The Labute approximate surface area is 125 Å². The Morgan fingerprint density at radius 1 is 1.33 bits per heavy atom. The maximum absolute atomic E-state index is 11.6. The van der Waals surface area contributed by atoms with Crippen molar-refractivity contribution in [3.63, 3.8) is 0 Å². The Kier molecular flexibility index (Phi) is 5.97. The molecule has 0 aliphatic rings. The van der Waals surface area contributed by atoms with Gasteiger partial charge in [0.25, 0.3) is 0 Å². The molecule has 2 atom stereocenters. The van der Waals surface area contributed by atoms with Crippen LogP contribution in [0.1, 0.15) is 44.1 Å². The third kappa shape index (κ3) is 4.33. The Bertz CT molecular complexity index is 608. The lowest BCUT2D eigenvalue weighted by Crippen LogP contribution is -2.14. The summed E-state index contributed by atoms with van der Waals surface area (Å²) in [5.41, 5.74) is 1.18. The number of hydrogen-bond acceptors (Lipinski definition) is 4. The summed E-state index contributed by atoms with van der Waals surface area (Å²) in [7, 11) is 0. The largest absolute Gasteiger partial charge is 0.507 e. The first-order chi connectivity index (χ1) is 9.77. The first-order valence-corrected chi connectivity index (χ1v) is 7.15. The average molecular weight is 292 g/mol. The first kappa shape index (κ1) is 17.2. The third-order valence-corrected chi connectivity index (χ3v) is 3.64. The highest BCUT2D eigenvalue weighted by atomic mass is 16.4. The van der Waals surface area contributed by atoms with E-state index in [-0.39, 0.29) is 23.3 Å². The van der Waals surface area contributed by atoms with Gasteiger partial charge in [0.05, 0.1) is 11.7 Å². The number of aliphatic hydroxyl groups excluding tert-OH is 1. The Morgan fingerprint density at radius 3 is 2.52 bits per heavy atom. The van der Waals surface area contributed by atoms with E-state index < -0.39 is 5.63 Å². The number of rotatable bonds is 5. The summed E-state index contributed by atoms with van der Waals surface area (Å²) in [6.07, 6.45) is 5.77. The SMILES string of the molecule is CC[C@@H](O)[C@@H](C)/C=C(C)\C=C\c1oc(=O)c(C)c(O)c1C. The molecule has 4 heteroatoms. The molecule has 0 radical (unpaired) electrons. The molecule has 1 heterocycles. The van der Waals surface area contributed by atoms with Crippen molar-refractivity contribution in [3.05, 3.63) is 45.0 Å². The fraction of sp³-hybridized carbons (Fsp3) is 0.471. The molecule has 1 aromatic rings. The van der Waals surface area contributed by atoms with Crippen molar-refractivity contribution < 1.29 is 14.6 Å². The molecule has 2 N–H and O–H groups in total. The molecule has 0 unspecified atom stereocenters. The van der Waals surface area contributed by atoms with Crippen molar-refractivity contribution in [1.82, 2.24) is 0 Å². The van der Waals surface area contributed by atoms with Gasteiger partial charge in [-0.25, -0.2) is 4.79 Å². The summed E-state index contributed by atoms with van der Waals surface area (Å²) in [5, 5.41) is 19.6. The average Bonchev–Trinajstić information content (AvgIpc) is 2.46. The summed E-state index contributed by atoms with van der Waals surface area (Å²) < 4.78 is 5.16. The molecular weight excluding hydrogens is 268 g/mol. The molecule has 4 nitrogen and oxygen atoms in total. The van der Waals surface area contributed by atoms with Gasteiger partial charge in [0.15, 0.2) is 0 Å².